The van der Waals surface area contributed by atoms with Gasteiger partial charge in [-0.15, -0.1) is 0 Å². The van der Waals surface area contributed by atoms with E-state index in [2.05, 4.69) is 22.5 Å². The molecule has 0 radical (unpaired) electrons. The first kappa shape index (κ1) is 22.0. The Hall–Kier alpha value is -3.19. The Balaban J connectivity index is 1.32. The highest BCUT2D eigenvalue weighted by Crippen LogP contribution is 2.38. The number of nitrogens with zero attached hydrogens (tertiary/aromatic N) is 1. The minimum Gasteiger partial charge on any atom is -0.369 e. The van der Waals surface area contributed by atoms with Gasteiger partial charge in [-0.1, -0.05) is 25.1 Å². The van der Waals surface area contributed by atoms with E-state index in [4.69, 9.17) is 5.73 Å². The van der Waals surface area contributed by atoms with Crippen LogP contribution in [0.15, 0.2) is 48.5 Å². The zero-order chi connectivity index (χ0) is 22.7. The molecule has 4 rings (SSSR count). The van der Waals surface area contributed by atoms with Crippen LogP contribution in [0.1, 0.15) is 42.1 Å². The third kappa shape index (κ3) is 5.53. The minimum atomic E-state index is -0.228. The molecule has 1 heterocycles. The molecule has 3 unspecified atom stereocenters. The number of anilines is 2. The lowest BCUT2D eigenvalue weighted by atomic mass is 9.97. The van der Waals surface area contributed by atoms with Crippen LogP contribution in [0.25, 0.3) is 0 Å². The first-order valence-electron chi connectivity index (χ1n) is 11.2. The van der Waals surface area contributed by atoms with Gasteiger partial charge in [0.25, 0.3) is 5.91 Å². The maximum absolute atomic E-state index is 12.7. The Bertz CT molecular complexity index is 1000. The highest BCUT2D eigenvalue weighted by Gasteiger charge is 2.39. The lowest BCUT2D eigenvalue weighted by Gasteiger charge is -2.31. The lowest BCUT2D eigenvalue weighted by molar-refractivity contribution is -0.123. The van der Waals surface area contributed by atoms with Crippen molar-refractivity contribution in [3.63, 3.8) is 0 Å². The predicted octanol–water partition coefficient (Wildman–Crippen LogP) is 3.23. The van der Waals surface area contributed by atoms with E-state index < -0.39 is 0 Å². The Morgan fingerprint density at radius 1 is 1.06 bits per heavy atom. The highest BCUT2D eigenvalue weighted by atomic mass is 16.2. The standard InChI is InChI=1S/C25H30N4O3/c1-16-12-22(16)25(32)28-21-6-2-4-18(13-21)24(31)27-20-9-7-17(8-10-20)14-29-11-3-5-19(15-29)23(26)30/h2,4,6-10,13,16,19,22H,3,5,11-12,14-15H2,1H3,(H2,26,30)(H,27,31)(H,28,32). The number of hydrogen-bond donors (Lipinski definition) is 3. The van der Waals surface area contributed by atoms with Gasteiger partial charge in [0, 0.05) is 35.9 Å². The molecule has 0 spiro atoms. The summed E-state index contributed by atoms with van der Waals surface area (Å²) in [5, 5.41) is 5.80. The van der Waals surface area contributed by atoms with Gasteiger partial charge in [-0.2, -0.15) is 0 Å². The summed E-state index contributed by atoms with van der Waals surface area (Å²) >= 11 is 0. The number of amides is 3. The van der Waals surface area contributed by atoms with Crippen molar-refractivity contribution in [1.29, 1.82) is 0 Å². The fourth-order valence-electron chi connectivity index (χ4n) is 4.25. The second-order valence-electron chi connectivity index (χ2n) is 9.02. The van der Waals surface area contributed by atoms with Gasteiger partial charge in [0.2, 0.25) is 11.8 Å². The summed E-state index contributed by atoms with van der Waals surface area (Å²) in [6, 6.07) is 14.7. The summed E-state index contributed by atoms with van der Waals surface area (Å²) in [6.45, 7) is 4.46. The zero-order valence-corrected chi connectivity index (χ0v) is 18.3. The van der Waals surface area contributed by atoms with E-state index in [9.17, 15) is 14.4 Å². The monoisotopic (exact) mass is 434 g/mol. The molecule has 7 nitrogen and oxygen atoms in total. The molecule has 7 heteroatoms. The van der Waals surface area contributed by atoms with E-state index >= 15 is 0 Å². The molecule has 3 atom stereocenters. The minimum absolute atomic E-state index is 0.0153. The maximum Gasteiger partial charge on any atom is 0.255 e. The third-order valence-corrected chi connectivity index (χ3v) is 6.36. The van der Waals surface area contributed by atoms with Gasteiger partial charge in [-0.05, 0) is 67.6 Å². The van der Waals surface area contributed by atoms with E-state index in [1.807, 2.05) is 24.3 Å². The normalized spacial score (nSPS) is 22.7. The summed E-state index contributed by atoms with van der Waals surface area (Å²) < 4.78 is 0. The van der Waals surface area contributed by atoms with Crippen LogP contribution in [-0.4, -0.2) is 35.7 Å². The van der Waals surface area contributed by atoms with Gasteiger partial charge in [-0.25, -0.2) is 0 Å². The first-order chi connectivity index (χ1) is 15.4. The van der Waals surface area contributed by atoms with Crippen molar-refractivity contribution in [2.45, 2.75) is 32.7 Å². The van der Waals surface area contributed by atoms with Crippen LogP contribution < -0.4 is 16.4 Å². The summed E-state index contributed by atoms with van der Waals surface area (Å²) in [7, 11) is 0. The lowest BCUT2D eigenvalue weighted by Crippen LogP contribution is -2.40. The SMILES string of the molecule is CC1CC1C(=O)Nc1cccc(C(=O)Nc2ccc(CN3CCCC(C(N)=O)C3)cc2)c1. The number of nitrogens with one attached hydrogen (secondary N) is 2. The Morgan fingerprint density at radius 3 is 2.50 bits per heavy atom. The number of nitrogens with two attached hydrogens (primary N) is 1. The van der Waals surface area contributed by atoms with Crippen molar-refractivity contribution in [2.24, 2.45) is 23.5 Å². The van der Waals surface area contributed by atoms with E-state index in [1.54, 1.807) is 24.3 Å². The van der Waals surface area contributed by atoms with Crippen LogP contribution in [0, 0.1) is 17.8 Å². The number of likely N-dealkylation sites (tertiary alicyclic amines) is 1. The number of carbonyl (C=O) groups is 3. The molecule has 32 heavy (non-hydrogen) atoms. The van der Waals surface area contributed by atoms with Gasteiger partial charge in [0.1, 0.15) is 0 Å². The molecule has 0 bridgehead atoms. The predicted molar refractivity (Wildman–Crippen MR) is 124 cm³/mol. The third-order valence-electron chi connectivity index (χ3n) is 6.36. The Kier molecular flexibility index (Phi) is 6.55. The summed E-state index contributed by atoms with van der Waals surface area (Å²) in [5.41, 5.74) is 8.40. The molecule has 2 aromatic rings. The van der Waals surface area contributed by atoms with Crippen LogP contribution in [0.5, 0.6) is 0 Å². The molecule has 1 saturated heterocycles. The number of primary amides is 1. The molecule has 2 aromatic carbocycles. The van der Waals surface area contributed by atoms with Crippen molar-refractivity contribution in [1.82, 2.24) is 4.90 Å². The summed E-state index contributed by atoms with van der Waals surface area (Å²) in [4.78, 5) is 38.5. The van der Waals surface area contributed by atoms with Crippen molar-refractivity contribution < 1.29 is 14.4 Å². The molecule has 4 N–H and O–H groups in total. The van der Waals surface area contributed by atoms with Crippen LogP contribution >= 0.6 is 0 Å². The molecule has 2 aliphatic rings. The second kappa shape index (κ2) is 9.53. The molecule has 1 aliphatic carbocycles. The maximum atomic E-state index is 12.7. The van der Waals surface area contributed by atoms with E-state index in [-0.39, 0.29) is 29.6 Å². The molecule has 3 amide bonds. The van der Waals surface area contributed by atoms with Crippen LogP contribution in [0.2, 0.25) is 0 Å². The highest BCUT2D eigenvalue weighted by molar-refractivity contribution is 6.05. The van der Waals surface area contributed by atoms with E-state index in [1.165, 1.54) is 0 Å². The summed E-state index contributed by atoms with van der Waals surface area (Å²) in [5.74, 6) is 0.00561. The molecular weight excluding hydrogens is 404 g/mol. The average Bonchev–Trinajstić information content (AvgIpc) is 3.52. The smallest absolute Gasteiger partial charge is 0.255 e. The number of piperidine rings is 1. The van der Waals surface area contributed by atoms with Crippen LogP contribution in [-0.2, 0) is 16.1 Å². The summed E-state index contributed by atoms with van der Waals surface area (Å²) in [6.07, 6.45) is 2.76. The molecule has 168 valence electrons. The van der Waals surface area contributed by atoms with Gasteiger partial charge in [-0.3, -0.25) is 19.3 Å². The van der Waals surface area contributed by atoms with Gasteiger partial charge in [0.05, 0.1) is 5.92 Å². The largest absolute Gasteiger partial charge is 0.369 e. The topological polar surface area (TPSA) is 105 Å². The molecule has 2 fully saturated rings. The number of benzene rings is 2. The van der Waals surface area contributed by atoms with Gasteiger partial charge >= 0.3 is 0 Å². The van der Waals surface area contributed by atoms with E-state index in [0.717, 1.165) is 37.9 Å². The van der Waals surface area contributed by atoms with Crippen LogP contribution in [0.4, 0.5) is 11.4 Å². The first-order valence-corrected chi connectivity index (χ1v) is 11.2. The second-order valence-corrected chi connectivity index (χ2v) is 9.02. The van der Waals surface area contributed by atoms with Gasteiger partial charge < -0.3 is 16.4 Å². The Labute approximate surface area is 188 Å². The number of rotatable bonds is 7. The van der Waals surface area contributed by atoms with Crippen molar-refractivity contribution in [2.75, 3.05) is 23.7 Å². The van der Waals surface area contributed by atoms with E-state index in [0.29, 0.717) is 29.4 Å². The van der Waals surface area contributed by atoms with Crippen molar-refractivity contribution >= 4 is 29.1 Å². The van der Waals surface area contributed by atoms with Gasteiger partial charge in [0.15, 0.2) is 0 Å². The fraction of sp³-hybridized carbons (Fsp3) is 0.400. The fourth-order valence-corrected chi connectivity index (χ4v) is 4.25. The molecule has 1 saturated carbocycles. The van der Waals surface area contributed by atoms with Crippen molar-refractivity contribution in [3.8, 4) is 0 Å². The zero-order valence-electron chi connectivity index (χ0n) is 18.3. The number of hydrogen-bond acceptors (Lipinski definition) is 4. The molecule has 1 aliphatic heterocycles. The Morgan fingerprint density at radius 2 is 1.81 bits per heavy atom. The van der Waals surface area contributed by atoms with Crippen molar-refractivity contribution in [3.05, 3.63) is 59.7 Å². The number of carbonyl (C=O) groups excluding carboxylic acids is 3. The molecule has 0 aromatic heterocycles. The average molecular weight is 435 g/mol. The quantitative estimate of drug-likeness (QED) is 0.622. The molecular formula is C25H30N4O3. The van der Waals surface area contributed by atoms with Crippen LogP contribution in [0.3, 0.4) is 0 Å².